The Morgan fingerprint density at radius 1 is 0.763 bits per heavy atom. The monoisotopic (exact) mass is 554 g/mol. The molecule has 9 N–H and O–H groups in total. The fourth-order valence-corrected chi connectivity index (χ4v) is 4.79. The molecule has 3 heterocycles. The average Bonchev–Trinajstić information content (AvgIpc) is 2.86. The van der Waals surface area contributed by atoms with Gasteiger partial charge in [-0.3, -0.25) is 9.59 Å². The van der Waals surface area contributed by atoms with Crippen molar-refractivity contribution in [1.29, 1.82) is 0 Å². The Kier molecular flexibility index (Phi) is 10.8. The van der Waals surface area contributed by atoms with E-state index in [4.69, 9.17) is 23.7 Å². The van der Waals surface area contributed by atoms with E-state index in [9.17, 15) is 45.3 Å². The fraction of sp³-hybridized carbons (Fsp3) is 0.909. The number of hydrogen-bond donors (Lipinski definition) is 9. The predicted molar refractivity (Wildman–Crippen MR) is 122 cm³/mol. The molecule has 0 bridgehead atoms. The highest BCUT2D eigenvalue weighted by Gasteiger charge is 2.52. The topological polar surface area (TPSA) is 246 Å². The van der Waals surface area contributed by atoms with Crippen LogP contribution in [0.15, 0.2) is 0 Å². The lowest BCUT2D eigenvalue weighted by Gasteiger charge is -2.48. The molecule has 0 aromatic rings. The zero-order valence-corrected chi connectivity index (χ0v) is 21.2. The molecule has 3 fully saturated rings. The molecule has 0 aliphatic carbocycles. The molecule has 0 aromatic carbocycles. The molecule has 3 aliphatic rings. The van der Waals surface area contributed by atoms with Gasteiger partial charge in [0.25, 0.3) is 0 Å². The zero-order valence-electron chi connectivity index (χ0n) is 21.2. The highest BCUT2D eigenvalue weighted by molar-refractivity contribution is 5.74. The fourth-order valence-electron chi connectivity index (χ4n) is 4.79. The number of carbonyl (C=O) groups excluding carboxylic acids is 2. The van der Waals surface area contributed by atoms with Gasteiger partial charge in [-0.15, -0.1) is 0 Å². The van der Waals surface area contributed by atoms with Crippen molar-refractivity contribution in [2.75, 3.05) is 19.8 Å². The standard InChI is InChI=1S/C22H38N2O14/c1-7-13(24-9(3)28)19(10(6-34-7)23-8(2)27)37-22-18(33)16(31)20(12(5-26)36-22)38-21-17(32)15(30)14(29)11(4-25)35-21/h7,10-22,25-26,29-33H,4-6H2,1-3H3,(H,23,27)(H,24,28)/t7?,10?,11-,12-,13?,14+,15+,16-,17-,18-,19?,20+,21+,22+/m1/s1. The first-order valence-corrected chi connectivity index (χ1v) is 12.3. The smallest absolute Gasteiger partial charge is 0.217 e. The molecule has 3 aliphatic heterocycles. The second-order valence-corrected chi connectivity index (χ2v) is 9.68. The molecule has 3 rings (SSSR count). The van der Waals surface area contributed by atoms with Crippen molar-refractivity contribution in [2.24, 2.45) is 0 Å². The van der Waals surface area contributed by atoms with Crippen LogP contribution in [0.2, 0.25) is 0 Å². The van der Waals surface area contributed by atoms with Crippen LogP contribution in [0.25, 0.3) is 0 Å². The van der Waals surface area contributed by atoms with Crippen LogP contribution in [0, 0.1) is 0 Å². The number of ether oxygens (including phenoxy) is 5. The first-order valence-electron chi connectivity index (χ1n) is 12.3. The third-order valence-electron chi connectivity index (χ3n) is 6.81. The minimum atomic E-state index is -1.80. The summed E-state index contributed by atoms with van der Waals surface area (Å²) < 4.78 is 28.1. The lowest BCUT2D eigenvalue weighted by molar-refractivity contribution is -0.365. The summed E-state index contributed by atoms with van der Waals surface area (Å²) in [6.07, 6.45) is -17.7. The van der Waals surface area contributed by atoms with Gasteiger partial charge in [0.2, 0.25) is 11.8 Å². The SMILES string of the molecule is CC(=O)NC1COC(C)C(NC(C)=O)C1O[C@@H]1O[C@H](CO)[C@H](O[C@@H]2O[C@H](CO)[C@H](O)[C@H](O)[C@H]2O)[C@H](O)[C@H]1O. The molecule has 16 nitrogen and oxygen atoms in total. The molecule has 0 radical (unpaired) electrons. The second kappa shape index (κ2) is 13.2. The molecule has 4 unspecified atom stereocenters. The number of amides is 2. The third kappa shape index (κ3) is 6.78. The van der Waals surface area contributed by atoms with Crippen molar-refractivity contribution in [3.63, 3.8) is 0 Å². The Balaban J connectivity index is 1.78. The largest absolute Gasteiger partial charge is 0.394 e. The number of hydrogen-bond acceptors (Lipinski definition) is 14. The summed E-state index contributed by atoms with van der Waals surface area (Å²) in [5.74, 6) is -0.816. The van der Waals surface area contributed by atoms with Gasteiger partial charge in [-0.05, 0) is 6.92 Å². The van der Waals surface area contributed by atoms with Crippen LogP contribution >= 0.6 is 0 Å². The summed E-state index contributed by atoms with van der Waals surface area (Å²) in [4.78, 5) is 23.6. The maximum absolute atomic E-state index is 11.8. The molecule has 38 heavy (non-hydrogen) atoms. The van der Waals surface area contributed by atoms with Gasteiger partial charge in [-0.25, -0.2) is 0 Å². The van der Waals surface area contributed by atoms with E-state index in [1.165, 1.54) is 13.8 Å². The van der Waals surface area contributed by atoms with E-state index in [-0.39, 0.29) is 6.61 Å². The Morgan fingerprint density at radius 3 is 1.84 bits per heavy atom. The number of nitrogens with one attached hydrogen (secondary N) is 2. The Labute approximate surface area is 218 Å². The maximum Gasteiger partial charge on any atom is 0.217 e. The van der Waals surface area contributed by atoms with Gasteiger partial charge in [0.1, 0.15) is 54.9 Å². The van der Waals surface area contributed by atoms with Gasteiger partial charge in [-0.1, -0.05) is 0 Å². The minimum absolute atomic E-state index is 0.0130. The van der Waals surface area contributed by atoms with Crippen molar-refractivity contribution in [2.45, 2.75) is 106 Å². The van der Waals surface area contributed by atoms with E-state index in [1.54, 1.807) is 6.92 Å². The van der Waals surface area contributed by atoms with Gasteiger partial charge >= 0.3 is 0 Å². The number of rotatable bonds is 8. The van der Waals surface area contributed by atoms with Gasteiger partial charge in [0, 0.05) is 13.8 Å². The van der Waals surface area contributed by atoms with Crippen LogP contribution in [0.3, 0.4) is 0 Å². The molecule has 16 heteroatoms. The van der Waals surface area contributed by atoms with Crippen molar-refractivity contribution < 1.29 is 69.0 Å². The molecule has 3 saturated heterocycles. The van der Waals surface area contributed by atoms with Crippen molar-refractivity contribution >= 4 is 11.8 Å². The van der Waals surface area contributed by atoms with Crippen molar-refractivity contribution in [3.8, 4) is 0 Å². The first-order chi connectivity index (χ1) is 17.9. The van der Waals surface area contributed by atoms with Crippen LogP contribution in [0.5, 0.6) is 0 Å². The van der Waals surface area contributed by atoms with Gasteiger partial charge < -0.3 is 70.1 Å². The molecular formula is C22H38N2O14. The molecule has 2 amide bonds. The highest BCUT2D eigenvalue weighted by Crippen LogP contribution is 2.31. The van der Waals surface area contributed by atoms with E-state index in [1.807, 2.05) is 0 Å². The van der Waals surface area contributed by atoms with Crippen LogP contribution in [-0.4, -0.2) is 153 Å². The lowest BCUT2D eigenvalue weighted by atomic mass is 9.94. The summed E-state index contributed by atoms with van der Waals surface area (Å²) in [6.45, 7) is 2.78. The number of aliphatic hydroxyl groups is 7. The van der Waals surface area contributed by atoms with Gasteiger partial charge in [0.05, 0.1) is 38.0 Å². The quantitative estimate of drug-likeness (QED) is 0.136. The molecule has 14 atom stereocenters. The third-order valence-corrected chi connectivity index (χ3v) is 6.81. The first kappa shape index (κ1) is 31.0. The minimum Gasteiger partial charge on any atom is -0.394 e. The van der Waals surface area contributed by atoms with Crippen LogP contribution in [-0.2, 0) is 33.3 Å². The predicted octanol–water partition coefficient (Wildman–Crippen LogP) is -5.58. The van der Waals surface area contributed by atoms with Gasteiger partial charge in [-0.2, -0.15) is 0 Å². The van der Waals surface area contributed by atoms with Crippen molar-refractivity contribution in [3.05, 3.63) is 0 Å². The average molecular weight is 555 g/mol. The summed E-state index contributed by atoms with van der Waals surface area (Å²) in [5.41, 5.74) is 0. The normalized spacial score (nSPS) is 45.8. The number of aliphatic hydroxyl groups excluding tert-OH is 7. The maximum atomic E-state index is 11.8. The number of carbonyl (C=O) groups is 2. The summed E-state index contributed by atoms with van der Waals surface area (Å²) in [6, 6.07) is -1.56. The van der Waals surface area contributed by atoms with Gasteiger partial charge in [0.15, 0.2) is 12.6 Å². The molecule has 0 spiro atoms. The highest BCUT2D eigenvalue weighted by atomic mass is 16.7. The Hall–Kier alpha value is -1.54. The zero-order chi connectivity index (χ0) is 28.3. The Morgan fingerprint density at radius 2 is 1.29 bits per heavy atom. The summed E-state index contributed by atoms with van der Waals surface area (Å²) >= 11 is 0. The van der Waals surface area contributed by atoms with E-state index >= 15 is 0 Å². The van der Waals surface area contributed by atoms with Crippen molar-refractivity contribution in [1.82, 2.24) is 10.6 Å². The summed E-state index contributed by atoms with van der Waals surface area (Å²) in [7, 11) is 0. The summed E-state index contributed by atoms with van der Waals surface area (Å²) in [5, 5.41) is 76.6. The second-order valence-electron chi connectivity index (χ2n) is 9.68. The molecule has 220 valence electrons. The van der Waals surface area contributed by atoms with E-state index in [2.05, 4.69) is 10.6 Å². The lowest BCUT2D eigenvalue weighted by Crippen LogP contribution is -2.68. The van der Waals surface area contributed by atoms with E-state index in [0.717, 1.165) is 0 Å². The van der Waals surface area contributed by atoms with Crippen LogP contribution in [0.1, 0.15) is 20.8 Å². The molecule has 0 saturated carbocycles. The molecular weight excluding hydrogens is 516 g/mol. The van der Waals surface area contributed by atoms with Crippen LogP contribution in [0.4, 0.5) is 0 Å². The van der Waals surface area contributed by atoms with Crippen LogP contribution < -0.4 is 10.6 Å². The van der Waals surface area contributed by atoms with E-state index < -0.39 is 111 Å². The van der Waals surface area contributed by atoms with E-state index in [0.29, 0.717) is 0 Å². The Bertz CT molecular complexity index is 802. The molecule has 0 aromatic heterocycles.